The van der Waals surface area contributed by atoms with E-state index in [2.05, 4.69) is 20.1 Å². The molecule has 0 amide bonds. The number of aliphatic imine (C=N–C) groups is 1. The zero-order chi connectivity index (χ0) is 15.2. The smallest absolute Gasteiger partial charge is 0.193 e. The van der Waals surface area contributed by atoms with Crippen molar-refractivity contribution in [3.05, 3.63) is 24.2 Å². The minimum Gasteiger partial charge on any atom is -0.469 e. The van der Waals surface area contributed by atoms with Crippen LogP contribution in [0.3, 0.4) is 0 Å². The fourth-order valence-electron chi connectivity index (χ4n) is 3.26. The van der Waals surface area contributed by atoms with Crippen molar-refractivity contribution in [2.45, 2.75) is 18.9 Å². The highest BCUT2D eigenvalue weighted by Gasteiger charge is 2.30. The van der Waals surface area contributed by atoms with Crippen LogP contribution >= 0.6 is 24.0 Å². The average Bonchev–Trinajstić information content (AvgIpc) is 3.24. The number of hydrogen-bond acceptors (Lipinski definition) is 4. The lowest BCUT2D eigenvalue weighted by Crippen LogP contribution is -2.46. The summed E-state index contributed by atoms with van der Waals surface area (Å²) in [6.07, 6.45) is 3.81. The maximum atomic E-state index is 5.44. The number of likely N-dealkylation sites (tertiary alicyclic amines) is 1. The first-order chi connectivity index (χ1) is 10.9. The average molecular weight is 434 g/mol. The minimum absolute atomic E-state index is 0. The van der Waals surface area contributed by atoms with Gasteiger partial charge in [0.15, 0.2) is 5.96 Å². The van der Waals surface area contributed by atoms with Crippen molar-refractivity contribution in [2.24, 2.45) is 4.99 Å². The summed E-state index contributed by atoms with van der Waals surface area (Å²) < 4.78 is 10.8. The minimum atomic E-state index is 0. The second kappa shape index (κ2) is 9.48. The van der Waals surface area contributed by atoms with Gasteiger partial charge in [-0.3, -0.25) is 9.89 Å². The Bertz CT molecular complexity index is 474. The van der Waals surface area contributed by atoms with Gasteiger partial charge in [0.05, 0.1) is 19.5 Å². The highest BCUT2D eigenvalue weighted by atomic mass is 127. The van der Waals surface area contributed by atoms with Crippen LogP contribution in [-0.2, 0) is 11.2 Å². The number of nitrogens with zero attached hydrogens (tertiary/aromatic N) is 3. The molecule has 0 radical (unpaired) electrons. The van der Waals surface area contributed by atoms with E-state index in [9.17, 15) is 0 Å². The molecule has 0 saturated carbocycles. The standard InChI is InChI=1S/C16H26N4O2.HI/c1-17-16(18-6-4-15-3-2-10-22-15)20-7-5-14(13-20)19-8-11-21-12-9-19;/h2-3,10,14H,4-9,11-13H2,1H3,(H,17,18);1H. The van der Waals surface area contributed by atoms with E-state index < -0.39 is 0 Å². The number of nitrogens with one attached hydrogen (secondary N) is 1. The zero-order valence-electron chi connectivity index (χ0n) is 13.7. The first-order valence-corrected chi connectivity index (χ1v) is 8.16. The van der Waals surface area contributed by atoms with Gasteiger partial charge in [0.25, 0.3) is 0 Å². The molecule has 1 aromatic heterocycles. The molecule has 2 aliphatic rings. The number of guanidine groups is 1. The molecule has 0 aliphatic carbocycles. The van der Waals surface area contributed by atoms with Gasteiger partial charge < -0.3 is 19.4 Å². The molecule has 0 spiro atoms. The predicted molar refractivity (Wildman–Crippen MR) is 102 cm³/mol. The molecule has 1 N–H and O–H groups in total. The normalized spacial score (nSPS) is 22.9. The number of ether oxygens (including phenoxy) is 1. The monoisotopic (exact) mass is 434 g/mol. The zero-order valence-corrected chi connectivity index (χ0v) is 16.1. The van der Waals surface area contributed by atoms with E-state index in [1.165, 1.54) is 6.42 Å². The van der Waals surface area contributed by atoms with Gasteiger partial charge in [-0.2, -0.15) is 0 Å². The molecule has 1 unspecified atom stereocenters. The van der Waals surface area contributed by atoms with Gasteiger partial charge in [-0.1, -0.05) is 0 Å². The largest absolute Gasteiger partial charge is 0.469 e. The van der Waals surface area contributed by atoms with Crippen molar-refractivity contribution < 1.29 is 9.15 Å². The summed E-state index contributed by atoms with van der Waals surface area (Å²) >= 11 is 0. The highest BCUT2D eigenvalue weighted by Crippen LogP contribution is 2.17. The summed E-state index contributed by atoms with van der Waals surface area (Å²) in [5.41, 5.74) is 0. The number of furan rings is 1. The van der Waals surface area contributed by atoms with Crippen LogP contribution in [0, 0.1) is 0 Å². The van der Waals surface area contributed by atoms with Crippen LogP contribution in [0.1, 0.15) is 12.2 Å². The molecule has 2 aliphatic heterocycles. The number of rotatable bonds is 4. The maximum Gasteiger partial charge on any atom is 0.193 e. The molecule has 7 heteroatoms. The van der Waals surface area contributed by atoms with Crippen molar-refractivity contribution in [3.8, 4) is 0 Å². The lowest BCUT2D eigenvalue weighted by molar-refractivity contribution is 0.0195. The van der Waals surface area contributed by atoms with Gasteiger partial charge in [-0.05, 0) is 18.6 Å². The van der Waals surface area contributed by atoms with E-state index in [0.717, 1.165) is 64.1 Å². The molecule has 3 heterocycles. The van der Waals surface area contributed by atoms with E-state index in [4.69, 9.17) is 9.15 Å². The van der Waals surface area contributed by atoms with E-state index in [-0.39, 0.29) is 24.0 Å². The van der Waals surface area contributed by atoms with Crippen molar-refractivity contribution in [1.29, 1.82) is 0 Å². The predicted octanol–water partition coefficient (Wildman–Crippen LogP) is 1.42. The number of morpholine rings is 1. The second-order valence-corrected chi connectivity index (χ2v) is 5.84. The third-order valence-electron chi connectivity index (χ3n) is 4.47. The molecule has 23 heavy (non-hydrogen) atoms. The number of halogens is 1. The summed E-state index contributed by atoms with van der Waals surface area (Å²) in [6, 6.07) is 4.57. The molecule has 1 aromatic rings. The van der Waals surface area contributed by atoms with Crippen LogP contribution in [0.4, 0.5) is 0 Å². The topological polar surface area (TPSA) is 53.2 Å². The summed E-state index contributed by atoms with van der Waals surface area (Å²) in [7, 11) is 1.86. The fraction of sp³-hybridized carbons (Fsp3) is 0.688. The van der Waals surface area contributed by atoms with Gasteiger partial charge >= 0.3 is 0 Å². The molecule has 0 aromatic carbocycles. The molecule has 2 saturated heterocycles. The lowest BCUT2D eigenvalue weighted by atomic mass is 10.2. The first kappa shape index (κ1) is 18.5. The fourth-order valence-corrected chi connectivity index (χ4v) is 3.26. The summed E-state index contributed by atoms with van der Waals surface area (Å²) in [4.78, 5) is 9.34. The Morgan fingerprint density at radius 3 is 2.87 bits per heavy atom. The van der Waals surface area contributed by atoms with E-state index in [1.807, 2.05) is 19.2 Å². The highest BCUT2D eigenvalue weighted by molar-refractivity contribution is 14.0. The maximum absolute atomic E-state index is 5.44. The third-order valence-corrected chi connectivity index (χ3v) is 4.47. The molecule has 130 valence electrons. The van der Waals surface area contributed by atoms with Crippen molar-refractivity contribution in [1.82, 2.24) is 15.1 Å². The molecule has 0 bridgehead atoms. The molecule has 1 atom stereocenters. The summed E-state index contributed by atoms with van der Waals surface area (Å²) in [5.74, 6) is 2.01. The van der Waals surface area contributed by atoms with Gasteiger partial charge in [0.2, 0.25) is 0 Å². The SMILES string of the molecule is CN=C(NCCc1ccco1)N1CCC(N2CCOCC2)C1.I. The van der Waals surface area contributed by atoms with Crippen molar-refractivity contribution in [3.63, 3.8) is 0 Å². The van der Waals surface area contributed by atoms with E-state index in [1.54, 1.807) is 6.26 Å². The quantitative estimate of drug-likeness (QED) is 0.442. The van der Waals surface area contributed by atoms with Crippen LogP contribution < -0.4 is 5.32 Å². The molecule has 3 rings (SSSR count). The Morgan fingerprint density at radius 2 is 2.17 bits per heavy atom. The Balaban J connectivity index is 0.00000192. The van der Waals surface area contributed by atoms with Crippen LogP contribution in [0.15, 0.2) is 27.8 Å². The van der Waals surface area contributed by atoms with Gasteiger partial charge in [0.1, 0.15) is 5.76 Å². The Kier molecular flexibility index (Phi) is 7.64. The Hall–Kier alpha value is -0.800. The van der Waals surface area contributed by atoms with E-state index in [0.29, 0.717) is 6.04 Å². The Labute approximate surface area is 155 Å². The van der Waals surface area contributed by atoms with Gasteiger partial charge in [-0.15, -0.1) is 24.0 Å². The van der Waals surface area contributed by atoms with Crippen LogP contribution in [0.2, 0.25) is 0 Å². The van der Waals surface area contributed by atoms with Gasteiger partial charge in [-0.25, -0.2) is 0 Å². The lowest BCUT2D eigenvalue weighted by Gasteiger charge is -2.32. The summed E-state index contributed by atoms with van der Waals surface area (Å²) in [5, 5.41) is 3.45. The van der Waals surface area contributed by atoms with Crippen molar-refractivity contribution in [2.75, 3.05) is 53.0 Å². The summed E-state index contributed by atoms with van der Waals surface area (Å²) in [6.45, 7) is 6.83. The van der Waals surface area contributed by atoms with E-state index >= 15 is 0 Å². The van der Waals surface area contributed by atoms with Crippen LogP contribution in [0.5, 0.6) is 0 Å². The second-order valence-electron chi connectivity index (χ2n) is 5.84. The van der Waals surface area contributed by atoms with Gasteiger partial charge in [0, 0.05) is 52.2 Å². The molecule has 2 fully saturated rings. The first-order valence-electron chi connectivity index (χ1n) is 8.16. The van der Waals surface area contributed by atoms with Crippen LogP contribution in [-0.4, -0.2) is 74.8 Å². The molecular formula is C16H27IN4O2. The molecule has 6 nitrogen and oxygen atoms in total. The third kappa shape index (κ3) is 5.09. The number of hydrogen-bond donors (Lipinski definition) is 1. The van der Waals surface area contributed by atoms with Crippen molar-refractivity contribution >= 4 is 29.9 Å². The molecular weight excluding hydrogens is 407 g/mol. The van der Waals surface area contributed by atoms with Crippen LogP contribution in [0.25, 0.3) is 0 Å². The Morgan fingerprint density at radius 1 is 1.35 bits per heavy atom.